The van der Waals surface area contributed by atoms with Crippen LogP contribution in [-0.2, 0) is 4.74 Å². The Morgan fingerprint density at radius 2 is 2.56 bits per heavy atom. The van der Waals surface area contributed by atoms with Crippen LogP contribution in [0.25, 0.3) is 0 Å². The lowest BCUT2D eigenvalue weighted by Gasteiger charge is -2.26. The van der Waals surface area contributed by atoms with Crippen LogP contribution in [0.3, 0.4) is 0 Å². The Kier molecular flexibility index (Phi) is 7.69. The number of hydrogen-bond acceptors (Lipinski definition) is 4. The van der Waals surface area contributed by atoms with E-state index in [0.717, 1.165) is 44.2 Å². The van der Waals surface area contributed by atoms with Gasteiger partial charge in [-0.05, 0) is 13.3 Å². The molecule has 1 heterocycles. The van der Waals surface area contributed by atoms with E-state index in [0.29, 0.717) is 12.1 Å². The zero-order valence-electron chi connectivity index (χ0n) is 10.00. The third-order valence-electron chi connectivity index (χ3n) is 2.56. The van der Waals surface area contributed by atoms with Crippen molar-refractivity contribution in [2.24, 2.45) is 0 Å². The molecule has 1 aliphatic rings. The van der Waals surface area contributed by atoms with Gasteiger partial charge in [0.05, 0.1) is 19.0 Å². The Labute approximate surface area is 103 Å². The summed E-state index contributed by atoms with van der Waals surface area (Å²) < 4.78 is 5.42. The molecule has 0 spiro atoms. The molecule has 1 aliphatic heterocycles. The fraction of sp³-hybridized carbons (Fsp3) is 0.833. The molecule has 0 bridgehead atoms. The first kappa shape index (κ1) is 13.9. The zero-order chi connectivity index (χ0) is 11.6. The maximum Gasteiger partial charge on any atom is 0.0620 e. The molecular formula is C12H22N2OS. The molecule has 4 heteroatoms. The van der Waals surface area contributed by atoms with E-state index in [2.05, 4.69) is 23.5 Å². The van der Waals surface area contributed by atoms with Crippen molar-refractivity contribution in [2.45, 2.75) is 25.4 Å². The molecule has 1 saturated heterocycles. The van der Waals surface area contributed by atoms with Crippen molar-refractivity contribution in [1.82, 2.24) is 10.6 Å². The second-order valence-electron chi connectivity index (χ2n) is 4.07. The summed E-state index contributed by atoms with van der Waals surface area (Å²) in [6, 6.07) is 1.04. The first-order valence-electron chi connectivity index (χ1n) is 5.88. The van der Waals surface area contributed by atoms with E-state index in [1.807, 2.05) is 0 Å². The van der Waals surface area contributed by atoms with Crippen LogP contribution in [0.4, 0.5) is 0 Å². The number of morpholine rings is 1. The van der Waals surface area contributed by atoms with Crippen molar-refractivity contribution in [2.75, 3.05) is 37.8 Å². The largest absolute Gasteiger partial charge is 0.379 e. The van der Waals surface area contributed by atoms with Crippen molar-refractivity contribution in [1.29, 1.82) is 0 Å². The van der Waals surface area contributed by atoms with Crippen LogP contribution in [0, 0.1) is 12.3 Å². The Bertz CT molecular complexity index is 212. The molecule has 0 aromatic carbocycles. The molecule has 1 fully saturated rings. The third-order valence-corrected chi connectivity index (χ3v) is 3.42. The van der Waals surface area contributed by atoms with Crippen LogP contribution in [0.15, 0.2) is 0 Å². The Morgan fingerprint density at radius 1 is 1.69 bits per heavy atom. The van der Waals surface area contributed by atoms with Gasteiger partial charge in [-0.3, -0.25) is 0 Å². The van der Waals surface area contributed by atoms with Crippen molar-refractivity contribution < 1.29 is 4.74 Å². The van der Waals surface area contributed by atoms with Crippen LogP contribution < -0.4 is 10.6 Å². The first-order valence-corrected chi connectivity index (χ1v) is 7.04. The second kappa shape index (κ2) is 8.89. The van der Waals surface area contributed by atoms with Crippen LogP contribution >= 0.6 is 11.8 Å². The van der Waals surface area contributed by atoms with E-state index in [1.165, 1.54) is 0 Å². The molecule has 16 heavy (non-hydrogen) atoms. The number of rotatable bonds is 7. The van der Waals surface area contributed by atoms with E-state index < -0.39 is 0 Å². The fourth-order valence-electron chi connectivity index (χ4n) is 1.79. The van der Waals surface area contributed by atoms with Gasteiger partial charge in [-0.2, -0.15) is 0 Å². The maximum atomic E-state index is 5.42. The molecule has 0 saturated carbocycles. The van der Waals surface area contributed by atoms with E-state index in [4.69, 9.17) is 11.2 Å². The van der Waals surface area contributed by atoms with Crippen LogP contribution in [0.2, 0.25) is 0 Å². The number of ether oxygens (including phenoxy) is 1. The molecule has 0 aromatic rings. The standard InChI is InChI=1S/C12H22N2OS/c1-3-7-16-8-5-13-11(2)9-12-10-15-6-4-14-12/h1,11-14H,4-10H2,2H3. The lowest BCUT2D eigenvalue weighted by Crippen LogP contribution is -2.45. The predicted octanol–water partition coefficient (Wildman–Crippen LogP) is 0.709. The monoisotopic (exact) mass is 242 g/mol. The summed E-state index contributed by atoms with van der Waals surface area (Å²) in [6.07, 6.45) is 6.31. The summed E-state index contributed by atoms with van der Waals surface area (Å²) in [5.74, 6) is 4.53. The molecule has 0 amide bonds. The predicted molar refractivity (Wildman–Crippen MR) is 70.8 cm³/mol. The zero-order valence-corrected chi connectivity index (χ0v) is 10.8. The van der Waals surface area contributed by atoms with E-state index >= 15 is 0 Å². The molecule has 2 N–H and O–H groups in total. The second-order valence-corrected chi connectivity index (χ2v) is 5.18. The summed E-state index contributed by atoms with van der Waals surface area (Å²) in [5, 5.41) is 6.97. The average molecular weight is 242 g/mol. The van der Waals surface area contributed by atoms with Crippen molar-refractivity contribution in [3.8, 4) is 12.3 Å². The van der Waals surface area contributed by atoms with Gasteiger partial charge in [-0.1, -0.05) is 5.92 Å². The fourth-order valence-corrected chi connectivity index (χ4v) is 2.31. The first-order chi connectivity index (χ1) is 7.83. The van der Waals surface area contributed by atoms with Crippen molar-refractivity contribution in [3.63, 3.8) is 0 Å². The molecule has 3 nitrogen and oxygen atoms in total. The van der Waals surface area contributed by atoms with Crippen LogP contribution in [0.1, 0.15) is 13.3 Å². The smallest absolute Gasteiger partial charge is 0.0620 e. The highest BCUT2D eigenvalue weighted by atomic mass is 32.2. The topological polar surface area (TPSA) is 33.3 Å². The minimum atomic E-state index is 0.509. The highest BCUT2D eigenvalue weighted by molar-refractivity contribution is 7.99. The molecule has 2 atom stereocenters. The van der Waals surface area contributed by atoms with E-state index in [-0.39, 0.29) is 0 Å². The Morgan fingerprint density at radius 3 is 3.25 bits per heavy atom. The Balaban J connectivity index is 1.97. The SMILES string of the molecule is C#CCSCCNC(C)CC1COCCN1. The van der Waals surface area contributed by atoms with Gasteiger partial charge in [0.15, 0.2) is 0 Å². The molecule has 1 rings (SSSR count). The van der Waals surface area contributed by atoms with Crippen molar-refractivity contribution in [3.05, 3.63) is 0 Å². The van der Waals surface area contributed by atoms with Crippen LogP contribution in [-0.4, -0.2) is 49.9 Å². The van der Waals surface area contributed by atoms with E-state index in [9.17, 15) is 0 Å². The number of nitrogens with one attached hydrogen (secondary N) is 2. The van der Waals surface area contributed by atoms with Gasteiger partial charge in [0, 0.05) is 30.9 Å². The summed E-state index contributed by atoms with van der Waals surface area (Å²) in [7, 11) is 0. The Hall–Kier alpha value is -0.210. The minimum absolute atomic E-state index is 0.509. The average Bonchev–Trinajstić information content (AvgIpc) is 2.30. The normalized spacial score (nSPS) is 22.6. The lowest BCUT2D eigenvalue weighted by atomic mass is 10.1. The molecule has 92 valence electrons. The molecule has 0 radical (unpaired) electrons. The summed E-state index contributed by atoms with van der Waals surface area (Å²) in [6.45, 7) is 5.93. The van der Waals surface area contributed by atoms with E-state index in [1.54, 1.807) is 11.8 Å². The minimum Gasteiger partial charge on any atom is -0.379 e. The molecular weight excluding hydrogens is 220 g/mol. The summed E-state index contributed by atoms with van der Waals surface area (Å²) >= 11 is 1.80. The van der Waals surface area contributed by atoms with Gasteiger partial charge < -0.3 is 15.4 Å². The number of hydrogen-bond donors (Lipinski definition) is 2. The molecule has 2 unspecified atom stereocenters. The number of thioether (sulfide) groups is 1. The van der Waals surface area contributed by atoms with Gasteiger partial charge in [-0.25, -0.2) is 0 Å². The highest BCUT2D eigenvalue weighted by Gasteiger charge is 2.15. The maximum absolute atomic E-state index is 5.42. The van der Waals surface area contributed by atoms with Crippen LogP contribution in [0.5, 0.6) is 0 Å². The summed E-state index contributed by atoms with van der Waals surface area (Å²) in [5.41, 5.74) is 0. The quantitative estimate of drug-likeness (QED) is 0.509. The highest BCUT2D eigenvalue weighted by Crippen LogP contribution is 2.03. The van der Waals surface area contributed by atoms with Gasteiger partial charge in [0.2, 0.25) is 0 Å². The molecule has 0 aromatic heterocycles. The molecule has 0 aliphatic carbocycles. The number of terminal acetylenes is 1. The van der Waals surface area contributed by atoms with Gasteiger partial charge in [0.25, 0.3) is 0 Å². The van der Waals surface area contributed by atoms with Gasteiger partial charge in [0.1, 0.15) is 0 Å². The van der Waals surface area contributed by atoms with Crippen molar-refractivity contribution >= 4 is 11.8 Å². The van der Waals surface area contributed by atoms with Gasteiger partial charge in [-0.15, -0.1) is 18.2 Å². The summed E-state index contributed by atoms with van der Waals surface area (Å²) in [4.78, 5) is 0. The van der Waals surface area contributed by atoms with Gasteiger partial charge >= 0.3 is 0 Å². The third kappa shape index (κ3) is 6.39. The lowest BCUT2D eigenvalue weighted by molar-refractivity contribution is 0.0713.